The Labute approximate surface area is 186 Å². The second kappa shape index (κ2) is 11.6. The van der Waals surface area contributed by atoms with Crippen molar-refractivity contribution in [2.75, 3.05) is 0 Å². The quantitative estimate of drug-likeness (QED) is 0.422. The van der Waals surface area contributed by atoms with E-state index in [1.807, 2.05) is 0 Å². The van der Waals surface area contributed by atoms with Gasteiger partial charge in [-0.1, -0.05) is 69.2 Å². The second-order valence-electron chi connectivity index (χ2n) is 6.54. The average Bonchev–Trinajstić information content (AvgIpc) is 2.78. The van der Waals surface area contributed by atoms with Crippen molar-refractivity contribution in [3.8, 4) is 0 Å². The largest absolute Gasteiger partial charge is 3.00 e. The molecule has 0 atom stereocenters. The Morgan fingerprint density at radius 3 is 0.680 bits per heavy atom. The molecule has 3 nitrogen and oxygen atoms in total. The molecule has 5 heteroatoms. The minimum absolute atomic E-state index is 0. The first-order valence-electron chi connectivity index (χ1n) is 8.21. The third-order valence-electron chi connectivity index (χ3n) is 5.62. The Morgan fingerprint density at radius 2 is 0.640 bits per heavy atom. The molecule has 141 valence electrons. The van der Waals surface area contributed by atoms with Gasteiger partial charge in [0, 0.05) is 0 Å². The number of hydrogen-bond donors (Lipinski definition) is 0. The van der Waals surface area contributed by atoms with Crippen LogP contribution in [-0.4, -0.2) is 7.32 Å². The van der Waals surface area contributed by atoms with E-state index in [4.69, 9.17) is 15.1 Å². The maximum atomic E-state index is 8.42. The Hall–Kier alpha value is -0.0304. The summed E-state index contributed by atoms with van der Waals surface area (Å²) >= 11 is 0. The zero-order chi connectivity index (χ0) is 19.4. The Balaban J connectivity index is 0. The van der Waals surface area contributed by atoms with Crippen molar-refractivity contribution in [2.45, 2.75) is 69.2 Å². The van der Waals surface area contributed by atoms with Gasteiger partial charge in [-0.2, -0.15) is 55.6 Å². The molecular weight excluding hydrogens is 456 g/mol. The van der Waals surface area contributed by atoms with E-state index in [2.05, 4.69) is 69.2 Å². The summed E-state index contributed by atoms with van der Waals surface area (Å²) in [6.07, 6.45) is 0. The van der Waals surface area contributed by atoms with Crippen molar-refractivity contribution in [1.82, 2.24) is 0 Å². The van der Waals surface area contributed by atoms with Crippen LogP contribution in [0.3, 0.4) is 0 Å². The maximum absolute atomic E-state index is 8.42. The monoisotopic (exact) mass is 487 g/mol. The first-order chi connectivity index (χ1) is 10.8. The molecule has 0 heterocycles. The summed E-state index contributed by atoms with van der Waals surface area (Å²) < 4.78 is 0. The molecule has 0 fully saturated rings. The molecule has 0 unspecified atom stereocenters. The molecule has 0 aliphatic rings. The summed E-state index contributed by atoms with van der Waals surface area (Å²) in [5.41, 5.74) is 14.7. The summed E-state index contributed by atoms with van der Waals surface area (Å²) in [6, 6.07) is 0. The zero-order valence-electron chi connectivity index (χ0n) is 17.2. The molecular formula is C20H30BGdO3-2. The van der Waals surface area contributed by atoms with Crippen molar-refractivity contribution in [1.29, 1.82) is 0 Å². The van der Waals surface area contributed by atoms with Crippen LogP contribution in [0.5, 0.6) is 0 Å². The van der Waals surface area contributed by atoms with E-state index < -0.39 is 7.32 Å². The molecule has 0 aromatic heterocycles. The Kier molecular flexibility index (Phi) is 12.7. The Bertz CT molecular complexity index is 463. The SMILES string of the molecule is Cc1c(C)c(C)[c-](C)c1C.Cc1c(C)c(C)[c-](C)c1C.[Gd+3].[O-]B([O-])[O-]. The molecule has 0 aliphatic carbocycles. The van der Waals surface area contributed by atoms with Crippen LogP contribution < -0.4 is 15.1 Å². The van der Waals surface area contributed by atoms with E-state index in [9.17, 15) is 0 Å². The number of hydrogen-bond acceptors (Lipinski definition) is 3. The van der Waals surface area contributed by atoms with Gasteiger partial charge in [-0.05, 0) is 0 Å². The van der Waals surface area contributed by atoms with Crippen LogP contribution in [0.1, 0.15) is 55.6 Å². The minimum atomic E-state index is -2.92. The van der Waals surface area contributed by atoms with Crippen LogP contribution in [0.2, 0.25) is 0 Å². The van der Waals surface area contributed by atoms with Crippen molar-refractivity contribution in [2.24, 2.45) is 0 Å². The zero-order valence-corrected chi connectivity index (χ0v) is 19.4. The van der Waals surface area contributed by atoms with Crippen LogP contribution in [0, 0.1) is 109 Å². The van der Waals surface area contributed by atoms with Crippen molar-refractivity contribution >= 4 is 7.32 Å². The van der Waals surface area contributed by atoms with Crippen molar-refractivity contribution in [3.05, 3.63) is 55.6 Å². The topological polar surface area (TPSA) is 69.2 Å². The molecule has 25 heavy (non-hydrogen) atoms. The molecule has 1 radical (unpaired) electrons. The van der Waals surface area contributed by atoms with Gasteiger partial charge in [0.15, 0.2) is 0 Å². The van der Waals surface area contributed by atoms with Crippen LogP contribution in [0.25, 0.3) is 0 Å². The van der Waals surface area contributed by atoms with Gasteiger partial charge < -0.3 is 15.1 Å². The van der Waals surface area contributed by atoms with Crippen LogP contribution >= 0.6 is 0 Å². The van der Waals surface area contributed by atoms with E-state index in [-0.39, 0.29) is 39.9 Å². The van der Waals surface area contributed by atoms with Gasteiger partial charge in [0.05, 0.1) is 0 Å². The predicted molar refractivity (Wildman–Crippen MR) is 97.2 cm³/mol. The fourth-order valence-corrected chi connectivity index (χ4v) is 2.81. The fourth-order valence-electron chi connectivity index (χ4n) is 2.81. The van der Waals surface area contributed by atoms with E-state index in [0.29, 0.717) is 0 Å². The summed E-state index contributed by atoms with van der Waals surface area (Å²) in [6.45, 7) is 22.0. The molecule has 0 amide bonds. The van der Waals surface area contributed by atoms with Gasteiger partial charge in [-0.25, -0.2) is 0 Å². The van der Waals surface area contributed by atoms with E-state index in [1.54, 1.807) is 0 Å². The molecule has 2 rings (SSSR count). The third kappa shape index (κ3) is 7.24. The molecule has 0 saturated heterocycles. The molecule has 2 aromatic carbocycles. The van der Waals surface area contributed by atoms with Gasteiger partial charge in [0.2, 0.25) is 0 Å². The summed E-state index contributed by atoms with van der Waals surface area (Å²) in [7, 11) is -2.92. The van der Waals surface area contributed by atoms with E-state index in [0.717, 1.165) is 0 Å². The van der Waals surface area contributed by atoms with Gasteiger partial charge in [0.1, 0.15) is 0 Å². The van der Waals surface area contributed by atoms with Crippen LogP contribution in [0.15, 0.2) is 0 Å². The molecule has 0 saturated carbocycles. The average molecular weight is 487 g/mol. The normalized spacial score (nSPS) is 9.48. The molecule has 0 spiro atoms. The van der Waals surface area contributed by atoms with Gasteiger partial charge >= 0.3 is 39.9 Å². The molecule has 0 bridgehead atoms. The van der Waals surface area contributed by atoms with Gasteiger partial charge in [0.25, 0.3) is 0 Å². The van der Waals surface area contributed by atoms with Crippen LogP contribution in [-0.2, 0) is 0 Å². The van der Waals surface area contributed by atoms with Gasteiger partial charge in [-0.3, -0.25) is 7.32 Å². The molecule has 0 aliphatic heterocycles. The molecule has 2 aromatic rings. The van der Waals surface area contributed by atoms with Crippen LogP contribution in [0.4, 0.5) is 0 Å². The Morgan fingerprint density at radius 1 is 0.520 bits per heavy atom. The summed E-state index contributed by atoms with van der Waals surface area (Å²) in [5.74, 6) is 0. The van der Waals surface area contributed by atoms with Gasteiger partial charge in [-0.15, -0.1) is 0 Å². The third-order valence-corrected chi connectivity index (χ3v) is 5.62. The maximum Gasteiger partial charge on any atom is 3.00 e. The second-order valence-corrected chi connectivity index (χ2v) is 6.54. The summed E-state index contributed by atoms with van der Waals surface area (Å²) in [5, 5.41) is 25.2. The number of rotatable bonds is 0. The smallest absolute Gasteiger partial charge is 0.907 e. The minimum Gasteiger partial charge on any atom is -0.907 e. The summed E-state index contributed by atoms with van der Waals surface area (Å²) in [4.78, 5) is 0. The van der Waals surface area contributed by atoms with E-state index in [1.165, 1.54) is 55.6 Å². The first kappa shape index (κ1) is 27.2. The van der Waals surface area contributed by atoms with Crippen molar-refractivity contribution < 1.29 is 55.0 Å². The fraction of sp³-hybridized carbons (Fsp3) is 0.500. The van der Waals surface area contributed by atoms with Crippen molar-refractivity contribution in [3.63, 3.8) is 0 Å². The molecule has 0 N–H and O–H groups in total. The predicted octanol–water partition coefficient (Wildman–Crippen LogP) is 1.95. The first-order valence-corrected chi connectivity index (χ1v) is 8.21. The standard InChI is InChI=1S/2C10H15.BO3.Gd/c2*1-6-7(2)9(4)10(5)8(6)3;2-1(3)4;/h2*1-5H3;;/q2*-1;-3;+3. The van der Waals surface area contributed by atoms with E-state index >= 15 is 0 Å².